The summed E-state index contributed by atoms with van der Waals surface area (Å²) in [6.07, 6.45) is 2.78. The van der Waals surface area contributed by atoms with Crippen molar-refractivity contribution in [1.29, 1.82) is 0 Å². The highest BCUT2D eigenvalue weighted by atomic mass is 32.2. The minimum absolute atomic E-state index is 0.159. The molecule has 0 aromatic rings. The monoisotopic (exact) mass is 281 g/mol. The molecule has 1 atom stereocenters. The molecule has 0 spiro atoms. The number of carboxylic acids is 1. The fourth-order valence-electron chi connectivity index (χ4n) is 1.86. The van der Waals surface area contributed by atoms with Crippen LogP contribution in [0.3, 0.4) is 0 Å². The lowest BCUT2D eigenvalue weighted by atomic mass is 10.2. The number of aliphatic carboxylic acids is 1. The summed E-state index contributed by atoms with van der Waals surface area (Å²) in [5.41, 5.74) is 0. The number of unbranched alkanes of at least 4 members (excludes halogenated alkanes) is 1. The Morgan fingerprint density at radius 1 is 1.47 bits per heavy atom. The number of carboxylic acid groups (broad SMARTS) is 1. The van der Waals surface area contributed by atoms with Crippen molar-refractivity contribution < 1.29 is 18.3 Å². The van der Waals surface area contributed by atoms with Crippen molar-refractivity contribution >= 4 is 27.6 Å². The highest BCUT2D eigenvalue weighted by molar-refractivity contribution is 8.00. The number of rotatable bonds is 6. The van der Waals surface area contributed by atoms with Gasteiger partial charge in [-0.3, -0.25) is 9.69 Å². The van der Waals surface area contributed by atoms with Crippen molar-refractivity contribution in [3.8, 4) is 0 Å². The lowest BCUT2D eigenvalue weighted by Gasteiger charge is -2.33. The maximum absolute atomic E-state index is 11.6. The highest BCUT2D eigenvalue weighted by Crippen LogP contribution is 2.20. The normalized spacial score (nSPS) is 22.5. The van der Waals surface area contributed by atoms with Gasteiger partial charge >= 0.3 is 5.97 Å². The standard InChI is InChI=1S/C10H19NO4S2/c1-17(14,15)9-8-16-7-6-11(9)5-3-2-4-10(12)13/h9H,2-8H2,1H3,(H,12,13). The first-order valence-electron chi connectivity index (χ1n) is 5.63. The van der Waals surface area contributed by atoms with E-state index in [2.05, 4.69) is 0 Å². The Morgan fingerprint density at radius 2 is 2.18 bits per heavy atom. The molecule has 1 N–H and O–H groups in total. The summed E-state index contributed by atoms with van der Waals surface area (Å²) in [7, 11) is -3.04. The first kappa shape index (κ1) is 14.8. The topological polar surface area (TPSA) is 74.7 Å². The molecule has 1 unspecified atom stereocenters. The van der Waals surface area contributed by atoms with Crippen LogP contribution in [0.2, 0.25) is 0 Å². The Kier molecular flexibility index (Phi) is 5.75. The van der Waals surface area contributed by atoms with E-state index in [1.807, 2.05) is 4.90 Å². The molecule has 0 aromatic heterocycles. The molecule has 1 saturated heterocycles. The van der Waals surface area contributed by atoms with E-state index < -0.39 is 21.2 Å². The third-order valence-electron chi connectivity index (χ3n) is 2.77. The molecule has 0 amide bonds. The van der Waals surface area contributed by atoms with Crippen LogP contribution in [0.1, 0.15) is 19.3 Å². The molecular weight excluding hydrogens is 262 g/mol. The first-order valence-corrected chi connectivity index (χ1v) is 8.74. The maximum atomic E-state index is 11.6. The fraction of sp³-hybridized carbons (Fsp3) is 0.900. The van der Waals surface area contributed by atoms with Crippen molar-refractivity contribution in [2.75, 3.05) is 30.9 Å². The molecule has 1 fully saturated rings. The maximum Gasteiger partial charge on any atom is 0.303 e. The summed E-state index contributed by atoms with van der Waals surface area (Å²) in [6, 6.07) is 0. The summed E-state index contributed by atoms with van der Waals surface area (Å²) in [5, 5.41) is 8.12. The number of hydrogen-bond donors (Lipinski definition) is 1. The third-order valence-corrected chi connectivity index (χ3v) is 5.46. The summed E-state index contributed by atoms with van der Waals surface area (Å²) in [5.74, 6) is 0.779. The number of hydrogen-bond acceptors (Lipinski definition) is 5. The van der Waals surface area contributed by atoms with Crippen molar-refractivity contribution in [1.82, 2.24) is 4.90 Å². The number of carbonyl (C=O) groups is 1. The summed E-state index contributed by atoms with van der Waals surface area (Å²) < 4.78 is 23.2. The molecule has 1 heterocycles. The van der Waals surface area contributed by atoms with E-state index in [0.29, 0.717) is 18.7 Å². The Balaban J connectivity index is 2.41. The molecule has 17 heavy (non-hydrogen) atoms. The van der Waals surface area contributed by atoms with Crippen LogP contribution in [0.15, 0.2) is 0 Å². The van der Waals surface area contributed by atoms with Gasteiger partial charge < -0.3 is 5.11 Å². The molecule has 5 nitrogen and oxygen atoms in total. The van der Waals surface area contributed by atoms with Crippen molar-refractivity contribution in [3.63, 3.8) is 0 Å². The van der Waals surface area contributed by atoms with Gasteiger partial charge in [-0.25, -0.2) is 8.42 Å². The average Bonchev–Trinajstić information content (AvgIpc) is 2.23. The van der Waals surface area contributed by atoms with Crippen LogP contribution >= 0.6 is 11.8 Å². The Morgan fingerprint density at radius 3 is 2.76 bits per heavy atom. The van der Waals surface area contributed by atoms with Crippen LogP contribution in [-0.2, 0) is 14.6 Å². The Bertz CT molecular complexity index is 355. The number of thioether (sulfide) groups is 1. The van der Waals surface area contributed by atoms with Gasteiger partial charge in [0.15, 0.2) is 9.84 Å². The highest BCUT2D eigenvalue weighted by Gasteiger charge is 2.30. The van der Waals surface area contributed by atoms with Gasteiger partial charge in [0.1, 0.15) is 5.37 Å². The van der Waals surface area contributed by atoms with E-state index in [1.54, 1.807) is 11.8 Å². The van der Waals surface area contributed by atoms with Gasteiger partial charge in [-0.05, 0) is 19.4 Å². The van der Waals surface area contributed by atoms with Gasteiger partial charge in [-0.15, -0.1) is 0 Å². The van der Waals surface area contributed by atoms with Gasteiger partial charge in [0.2, 0.25) is 0 Å². The second-order valence-electron chi connectivity index (χ2n) is 4.25. The van der Waals surface area contributed by atoms with Crippen molar-refractivity contribution in [3.05, 3.63) is 0 Å². The van der Waals surface area contributed by atoms with Crippen LogP contribution in [0.25, 0.3) is 0 Å². The van der Waals surface area contributed by atoms with Crippen molar-refractivity contribution in [2.45, 2.75) is 24.6 Å². The summed E-state index contributed by atoms with van der Waals surface area (Å²) in [6.45, 7) is 1.45. The lowest BCUT2D eigenvalue weighted by Crippen LogP contribution is -2.47. The molecule has 1 aliphatic rings. The molecule has 0 aromatic carbocycles. The summed E-state index contributed by atoms with van der Waals surface area (Å²) >= 11 is 1.66. The Labute approximate surface area is 106 Å². The van der Waals surface area contributed by atoms with Crippen LogP contribution in [0.5, 0.6) is 0 Å². The predicted molar refractivity (Wildman–Crippen MR) is 69.0 cm³/mol. The molecule has 0 saturated carbocycles. The van der Waals surface area contributed by atoms with Crippen LogP contribution < -0.4 is 0 Å². The predicted octanol–water partition coefficient (Wildman–Crippen LogP) is 0.661. The van der Waals surface area contributed by atoms with Crippen molar-refractivity contribution in [2.24, 2.45) is 0 Å². The largest absolute Gasteiger partial charge is 0.481 e. The molecule has 0 bridgehead atoms. The smallest absolute Gasteiger partial charge is 0.303 e. The zero-order valence-corrected chi connectivity index (χ0v) is 11.6. The Hall–Kier alpha value is -0.270. The minimum Gasteiger partial charge on any atom is -0.481 e. The zero-order chi connectivity index (χ0) is 12.9. The lowest BCUT2D eigenvalue weighted by molar-refractivity contribution is -0.137. The molecule has 0 radical (unpaired) electrons. The number of nitrogens with zero attached hydrogens (tertiary/aromatic N) is 1. The minimum atomic E-state index is -3.04. The summed E-state index contributed by atoms with van der Waals surface area (Å²) in [4.78, 5) is 12.3. The molecule has 7 heteroatoms. The second-order valence-corrected chi connectivity index (χ2v) is 7.60. The third kappa shape index (κ3) is 5.27. The molecular formula is C10H19NO4S2. The molecule has 1 aliphatic heterocycles. The first-order chi connectivity index (χ1) is 7.91. The molecule has 1 rings (SSSR count). The molecule has 100 valence electrons. The van der Waals surface area contributed by atoms with E-state index in [0.717, 1.165) is 18.7 Å². The zero-order valence-electron chi connectivity index (χ0n) is 9.96. The van der Waals surface area contributed by atoms with E-state index in [1.165, 1.54) is 6.26 Å². The SMILES string of the molecule is CS(=O)(=O)C1CSCCN1CCCCC(=O)O. The van der Waals surface area contributed by atoms with E-state index in [-0.39, 0.29) is 6.42 Å². The van der Waals surface area contributed by atoms with Gasteiger partial charge in [-0.2, -0.15) is 11.8 Å². The second kappa shape index (κ2) is 6.61. The van der Waals surface area contributed by atoms with Gasteiger partial charge in [0.05, 0.1) is 0 Å². The van der Waals surface area contributed by atoms with Gasteiger partial charge in [0, 0.05) is 30.7 Å². The van der Waals surface area contributed by atoms with Gasteiger partial charge in [0.25, 0.3) is 0 Å². The fourth-order valence-corrected chi connectivity index (χ4v) is 4.83. The van der Waals surface area contributed by atoms with Crippen LogP contribution in [-0.4, -0.2) is 60.6 Å². The van der Waals surface area contributed by atoms with Crippen LogP contribution in [0.4, 0.5) is 0 Å². The van der Waals surface area contributed by atoms with Crippen LogP contribution in [0, 0.1) is 0 Å². The number of sulfone groups is 1. The van der Waals surface area contributed by atoms with Gasteiger partial charge in [-0.1, -0.05) is 0 Å². The van der Waals surface area contributed by atoms with E-state index in [4.69, 9.17) is 5.11 Å². The molecule has 0 aliphatic carbocycles. The average molecular weight is 281 g/mol. The van der Waals surface area contributed by atoms with E-state index >= 15 is 0 Å². The quantitative estimate of drug-likeness (QED) is 0.721. The van der Waals surface area contributed by atoms with E-state index in [9.17, 15) is 13.2 Å².